The number of amides is 1. The van der Waals surface area contributed by atoms with Crippen molar-refractivity contribution < 1.29 is 4.79 Å². The number of nitrogens with two attached hydrogens (primary N) is 1. The molecule has 23 heavy (non-hydrogen) atoms. The number of nitrogens with zero attached hydrogens (tertiary/aromatic N) is 1. The highest BCUT2D eigenvalue weighted by molar-refractivity contribution is 7.22. The molecular weight excluding hydrogens is 373 g/mol. The van der Waals surface area contributed by atoms with Crippen molar-refractivity contribution in [3.05, 3.63) is 28.1 Å². The van der Waals surface area contributed by atoms with E-state index < -0.39 is 0 Å². The minimum Gasteiger partial charge on any atom is -0.345 e. The zero-order valence-electron chi connectivity index (χ0n) is 13.4. The summed E-state index contributed by atoms with van der Waals surface area (Å²) in [6, 6.07) is 4.01. The third-order valence-electron chi connectivity index (χ3n) is 3.86. The Hall–Kier alpha value is -0.660. The van der Waals surface area contributed by atoms with Crippen LogP contribution in [0.2, 0.25) is 0 Å². The van der Waals surface area contributed by atoms with E-state index in [2.05, 4.69) is 10.3 Å². The van der Waals surface area contributed by atoms with E-state index in [9.17, 15) is 4.79 Å². The number of thiophene rings is 1. The number of nitrogens with one attached hydrogen (secondary N) is 1. The van der Waals surface area contributed by atoms with Crippen LogP contribution in [-0.2, 0) is 0 Å². The maximum Gasteiger partial charge on any atom is 0.263 e. The van der Waals surface area contributed by atoms with Gasteiger partial charge in [0.1, 0.15) is 9.88 Å². The summed E-state index contributed by atoms with van der Waals surface area (Å²) in [5.74, 6) is -0.0676. The molecule has 2 heterocycles. The largest absolute Gasteiger partial charge is 0.345 e. The summed E-state index contributed by atoms with van der Waals surface area (Å²) in [5, 5.41) is 6.02. The molecule has 0 spiro atoms. The Bertz CT molecular complexity index is 602. The molecule has 0 atom stereocenters. The molecule has 2 aromatic heterocycles. The Morgan fingerprint density at radius 3 is 2.48 bits per heavy atom. The van der Waals surface area contributed by atoms with E-state index in [-0.39, 0.29) is 36.3 Å². The van der Waals surface area contributed by atoms with Gasteiger partial charge in [-0.1, -0.05) is 19.9 Å². The van der Waals surface area contributed by atoms with Crippen molar-refractivity contribution in [2.45, 2.75) is 39.2 Å². The molecule has 0 aliphatic heterocycles. The third kappa shape index (κ3) is 4.90. The van der Waals surface area contributed by atoms with Crippen molar-refractivity contribution in [1.29, 1.82) is 0 Å². The lowest BCUT2D eigenvalue weighted by Gasteiger charge is -2.31. The van der Waals surface area contributed by atoms with Crippen molar-refractivity contribution in [2.24, 2.45) is 5.73 Å². The summed E-state index contributed by atoms with van der Waals surface area (Å²) in [5.41, 5.74) is 6.30. The fourth-order valence-corrected chi connectivity index (χ4v) is 3.94. The number of hydrogen-bond donors (Lipinski definition) is 2. The molecule has 4 nitrogen and oxygen atoms in total. The number of thiazole rings is 1. The first kappa shape index (κ1) is 22.3. The molecule has 0 fully saturated rings. The molecule has 3 N–H and O–H groups in total. The standard InChI is InChI=1S/C15H21N3OS2.2ClH/c1-4-15(5-2,9-16)18-13(19)12-10(3)17-14(21-12)11-7-6-8-20-11;;/h6-8H,4-5,9,16H2,1-3H3,(H,18,19);2*1H. The van der Waals surface area contributed by atoms with E-state index in [1.807, 2.05) is 38.3 Å². The number of aromatic nitrogens is 1. The number of hydrogen-bond acceptors (Lipinski definition) is 5. The summed E-state index contributed by atoms with van der Waals surface area (Å²) >= 11 is 3.08. The van der Waals surface area contributed by atoms with Gasteiger partial charge in [0, 0.05) is 6.54 Å². The lowest BCUT2D eigenvalue weighted by molar-refractivity contribution is 0.0898. The van der Waals surface area contributed by atoms with Crippen LogP contribution in [0.25, 0.3) is 9.88 Å². The van der Waals surface area contributed by atoms with Crippen LogP contribution in [0.3, 0.4) is 0 Å². The average molecular weight is 396 g/mol. The Labute approximate surface area is 157 Å². The molecule has 2 rings (SSSR count). The van der Waals surface area contributed by atoms with Gasteiger partial charge >= 0.3 is 0 Å². The predicted octanol–water partition coefficient (Wildman–Crippen LogP) is 4.27. The van der Waals surface area contributed by atoms with Crippen molar-refractivity contribution in [2.75, 3.05) is 6.54 Å². The number of aryl methyl sites for hydroxylation is 1. The molecule has 0 aliphatic carbocycles. The fourth-order valence-electron chi connectivity index (χ4n) is 2.18. The van der Waals surface area contributed by atoms with Gasteiger partial charge in [-0.15, -0.1) is 47.5 Å². The SMILES string of the molecule is CCC(CC)(CN)NC(=O)c1sc(-c2cccs2)nc1C.Cl.Cl. The van der Waals surface area contributed by atoms with Crippen LogP contribution in [0.5, 0.6) is 0 Å². The Kier molecular flexibility index (Phi) is 9.32. The van der Waals surface area contributed by atoms with Crippen molar-refractivity contribution in [3.63, 3.8) is 0 Å². The predicted molar refractivity (Wildman–Crippen MR) is 104 cm³/mol. The van der Waals surface area contributed by atoms with Gasteiger partial charge in [0.15, 0.2) is 0 Å². The second-order valence-corrected chi connectivity index (χ2v) is 7.00. The van der Waals surface area contributed by atoms with Crippen LogP contribution in [0.15, 0.2) is 17.5 Å². The molecule has 0 aliphatic rings. The number of rotatable bonds is 6. The van der Waals surface area contributed by atoms with Crippen LogP contribution in [0.1, 0.15) is 42.1 Å². The Morgan fingerprint density at radius 1 is 1.35 bits per heavy atom. The number of carbonyl (C=O) groups excluding carboxylic acids is 1. The van der Waals surface area contributed by atoms with Crippen molar-refractivity contribution in [1.82, 2.24) is 10.3 Å². The van der Waals surface area contributed by atoms with Crippen molar-refractivity contribution in [3.8, 4) is 9.88 Å². The van der Waals surface area contributed by atoms with E-state index >= 15 is 0 Å². The first-order chi connectivity index (χ1) is 10.0. The fraction of sp³-hybridized carbons (Fsp3) is 0.467. The second-order valence-electron chi connectivity index (χ2n) is 5.06. The highest BCUT2D eigenvalue weighted by atomic mass is 35.5. The third-order valence-corrected chi connectivity index (χ3v) is 6.05. The van der Waals surface area contributed by atoms with Gasteiger partial charge in [0.05, 0.1) is 16.1 Å². The van der Waals surface area contributed by atoms with Crippen LogP contribution in [0.4, 0.5) is 0 Å². The van der Waals surface area contributed by atoms with Gasteiger partial charge in [-0.3, -0.25) is 4.79 Å². The van der Waals surface area contributed by atoms with Gasteiger partial charge in [-0.2, -0.15) is 0 Å². The summed E-state index contributed by atoms with van der Waals surface area (Å²) in [6.45, 7) is 6.42. The minimum absolute atomic E-state index is 0. The Morgan fingerprint density at radius 2 is 2.00 bits per heavy atom. The molecule has 1 amide bonds. The zero-order valence-corrected chi connectivity index (χ0v) is 16.7. The monoisotopic (exact) mass is 395 g/mol. The van der Waals surface area contributed by atoms with Gasteiger partial charge in [0.2, 0.25) is 0 Å². The van der Waals surface area contributed by atoms with Gasteiger partial charge < -0.3 is 11.1 Å². The van der Waals surface area contributed by atoms with E-state index in [4.69, 9.17) is 5.73 Å². The summed E-state index contributed by atoms with van der Waals surface area (Å²) in [4.78, 5) is 18.8. The summed E-state index contributed by atoms with van der Waals surface area (Å²) < 4.78 is 0. The molecule has 2 aromatic rings. The normalized spacial score (nSPS) is 10.6. The van der Waals surface area contributed by atoms with Crippen LogP contribution < -0.4 is 11.1 Å². The van der Waals surface area contributed by atoms with Crippen LogP contribution in [0, 0.1) is 6.92 Å². The maximum absolute atomic E-state index is 12.5. The van der Waals surface area contributed by atoms with Crippen LogP contribution in [-0.4, -0.2) is 23.0 Å². The van der Waals surface area contributed by atoms with E-state index in [0.29, 0.717) is 11.4 Å². The lowest BCUT2D eigenvalue weighted by Crippen LogP contribution is -2.52. The molecule has 8 heteroatoms. The summed E-state index contributed by atoms with van der Waals surface area (Å²) in [6.07, 6.45) is 1.64. The number of carbonyl (C=O) groups is 1. The molecule has 0 radical (unpaired) electrons. The molecule has 0 saturated carbocycles. The zero-order chi connectivity index (χ0) is 15.5. The first-order valence-corrected chi connectivity index (χ1v) is 8.78. The van der Waals surface area contributed by atoms with Crippen molar-refractivity contribution >= 4 is 53.4 Å². The Balaban J connectivity index is 0.00000242. The maximum atomic E-state index is 12.5. The smallest absolute Gasteiger partial charge is 0.263 e. The molecule has 130 valence electrons. The second kappa shape index (κ2) is 9.59. The van der Waals surface area contributed by atoms with Gasteiger partial charge in [-0.25, -0.2) is 4.98 Å². The average Bonchev–Trinajstić information content (AvgIpc) is 3.14. The van der Waals surface area contributed by atoms with Gasteiger partial charge in [0.25, 0.3) is 5.91 Å². The quantitative estimate of drug-likeness (QED) is 0.766. The molecule has 0 aromatic carbocycles. The molecule has 0 saturated heterocycles. The van der Waals surface area contributed by atoms with Crippen LogP contribution >= 0.6 is 47.5 Å². The number of halogens is 2. The highest BCUT2D eigenvalue weighted by Gasteiger charge is 2.28. The highest BCUT2D eigenvalue weighted by Crippen LogP contribution is 2.31. The van der Waals surface area contributed by atoms with E-state index in [1.165, 1.54) is 11.3 Å². The lowest BCUT2D eigenvalue weighted by atomic mass is 9.93. The van der Waals surface area contributed by atoms with E-state index in [1.54, 1.807) is 11.3 Å². The molecule has 0 bridgehead atoms. The molecule has 0 unspecified atom stereocenters. The van der Waals surface area contributed by atoms with E-state index in [0.717, 1.165) is 28.4 Å². The van der Waals surface area contributed by atoms with Gasteiger partial charge in [-0.05, 0) is 31.2 Å². The minimum atomic E-state index is -0.323. The summed E-state index contributed by atoms with van der Waals surface area (Å²) in [7, 11) is 0. The molecular formula is C15H23Cl2N3OS2. The first-order valence-electron chi connectivity index (χ1n) is 7.09. The topological polar surface area (TPSA) is 68.0 Å².